The van der Waals surface area contributed by atoms with Crippen molar-refractivity contribution in [3.05, 3.63) is 234 Å². The number of rotatable bonds is 11. The number of aromatic nitrogens is 3. The van der Waals surface area contributed by atoms with Gasteiger partial charge in [0.1, 0.15) is 0 Å². The average molecular weight is 954 g/mol. The number of hydrogen-bond donors (Lipinski definition) is 0. The van der Waals surface area contributed by atoms with Crippen molar-refractivity contribution >= 4 is 11.6 Å². The summed E-state index contributed by atoms with van der Waals surface area (Å²) in [6, 6.07) is 67.1. The predicted octanol–water partition coefficient (Wildman–Crippen LogP) is 13.3. The minimum Gasteiger partial charge on any atom is -0.305 e. The number of nitrogens with zero attached hydrogens (tertiary/aromatic N) is 3. The molecule has 0 radical (unpaired) electrons. The molecule has 0 aliphatic heterocycles. The molecule has 0 saturated carbocycles. The van der Waals surface area contributed by atoms with Gasteiger partial charge in [-0.25, -0.2) is 0 Å². The molecular formula is C53H47ClIrN3. The Hall–Kier alpha value is -5.51. The molecule has 8 rings (SSSR count). The molecular weight excluding hydrogens is 906 g/mol. The van der Waals surface area contributed by atoms with Crippen LogP contribution in [0, 0.1) is 24.1 Å². The van der Waals surface area contributed by atoms with Crippen molar-refractivity contribution in [2.45, 2.75) is 44.9 Å². The molecule has 0 N–H and O–H groups in total. The molecule has 0 fully saturated rings. The van der Waals surface area contributed by atoms with Crippen molar-refractivity contribution in [1.29, 1.82) is 0 Å². The topological polar surface area (TPSA) is 38.7 Å². The zero-order valence-electron chi connectivity index (χ0n) is 32.9. The Labute approximate surface area is 363 Å². The molecule has 5 aromatic carbocycles. The minimum atomic E-state index is 0. The Morgan fingerprint density at radius 1 is 0.483 bits per heavy atom. The third-order valence-corrected chi connectivity index (χ3v) is 9.89. The summed E-state index contributed by atoms with van der Waals surface area (Å²) in [6.45, 7) is 4.69. The first-order chi connectivity index (χ1) is 28.0. The van der Waals surface area contributed by atoms with E-state index in [0.29, 0.717) is 17.7 Å². The molecule has 3 nitrogen and oxygen atoms in total. The van der Waals surface area contributed by atoms with Crippen molar-refractivity contribution in [3.63, 3.8) is 0 Å². The van der Waals surface area contributed by atoms with Crippen molar-refractivity contribution in [1.82, 2.24) is 15.0 Å². The average Bonchev–Trinajstić information content (AvgIpc) is 3.29. The van der Waals surface area contributed by atoms with Crippen molar-refractivity contribution < 1.29 is 20.1 Å². The van der Waals surface area contributed by atoms with Gasteiger partial charge < -0.3 is 15.0 Å². The molecule has 0 amide bonds. The van der Waals surface area contributed by atoms with Crippen LogP contribution < -0.4 is 0 Å². The fourth-order valence-corrected chi connectivity index (χ4v) is 6.81. The smallest absolute Gasteiger partial charge is 0.305 e. The van der Waals surface area contributed by atoms with Crippen LogP contribution in [0.2, 0.25) is 0 Å². The van der Waals surface area contributed by atoms with Crippen LogP contribution in [-0.4, -0.2) is 15.0 Å². The summed E-state index contributed by atoms with van der Waals surface area (Å²) in [5.74, 6) is 1.75. The molecule has 3 aromatic heterocycles. The number of benzene rings is 5. The maximum atomic E-state index is 5.91. The van der Waals surface area contributed by atoms with E-state index in [2.05, 4.69) is 108 Å². The molecule has 290 valence electrons. The minimum absolute atomic E-state index is 0. The summed E-state index contributed by atoms with van der Waals surface area (Å²) in [6.07, 6.45) is 8.60. The van der Waals surface area contributed by atoms with Gasteiger partial charge in [-0.3, -0.25) is 0 Å². The summed E-state index contributed by atoms with van der Waals surface area (Å²) < 4.78 is 0. The monoisotopic (exact) mass is 953 g/mol. The van der Waals surface area contributed by atoms with Gasteiger partial charge in [0.25, 0.3) is 0 Å². The second-order valence-electron chi connectivity index (χ2n) is 14.1. The molecule has 2 unspecified atom stereocenters. The molecule has 8 aromatic rings. The molecule has 0 aliphatic rings. The van der Waals surface area contributed by atoms with E-state index < -0.39 is 0 Å². The van der Waals surface area contributed by atoms with Crippen LogP contribution in [0.3, 0.4) is 0 Å². The Bertz CT molecular complexity index is 2160. The number of alkyl halides is 1. The Morgan fingerprint density at radius 2 is 0.966 bits per heavy atom. The van der Waals surface area contributed by atoms with Crippen LogP contribution in [-0.2, 0) is 38.8 Å². The summed E-state index contributed by atoms with van der Waals surface area (Å²) >= 11 is 5.91. The van der Waals surface area contributed by atoms with Crippen LogP contribution in [0.15, 0.2) is 188 Å². The van der Waals surface area contributed by atoms with E-state index in [1.165, 1.54) is 34.2 Å². The van der Waals surface area contributed by atoms with Gasteiger partial charge in [-0.1, -0.05) is 98.8 Å². The van der Waals surface area contributed by atoms with E-state index in [1.54, 1.807) is 12.4 Å². The van der Waals surface area contributed by atoms with Gasteiger partial charge in [0.15, 0.2) is 0 Å². The van der Waals surface area contributed by atoms with Crippen LogP contribution in [0.1, 0.15) is 54.0 Å². The molecule has 58 heavy (non-hydrogen) atoms. The molecule has 2 atom stereocenters. The molecule has 0 spiro atoms. The van der Waals surface area contributed by atoms with Crippen LogP contribution in [0.5, 0.6) is 0 Å². The number of halogens is 1. The van der Waals surface area contributed by atoms with E-state index in [4.69, 9.17) is 11.6 Å². The molecule has 0 aliphatic carbocycles. The van der Waals surface area contributed by atoms with Gasteiger partial charge in [-0.15, -0.1) is 119 Å². The third kappa shape index (κ3) is 13.9. The van der Waals surface area contributed by atoms with Crippen LogP contribution >= 0.6 is 11.6 Å². The van der Waals surface area contributed by atoms with E-state index in [0.717, 1.165) is 46.6 Å². The summed E-state index contributed by atoms with van der Waals surface area (Å²) in [4.78, 5) is 12.9. The van der Waals surface area contributed by atoms with E-state index in [9.17, 15) is 0 Å². The number of hydrogen-bond acceptors (Lipinski definition) is 3. The molecule has 5 heteroatoms. The zero-order chi connectivity index (χ0) is 39.5. The Balaban J connectivity index is 0.000000207. The van der Waals surface area contributed by atoms with Gasteiger partial charge in [0.2, 0.25) is 0 Å². The fourth-order valence-electron chi connectivity index (χ4n) is 6.63. The third-order valence-electron chi connectivity index (χ3n) is 9.58. The standard InChI is InChI=1S/C31H31ClN.2C11H8N.Ir/c1-23(19-25-9-11-27(22-32)12-10-25)18-24(2)29-15-13-26(14-16-29)20-28-6-5-7-30(21-28)31-8-3-4-17-33-31;2*1-2-6-10(7-3-1)11-8-4-5-9-12-11;/h3-6,8-17,21,23-24H,18-20,22H2,1-2H3;2*1-6,8-9H;/q3*-1;+3. The second-order valence-corrected chi connectivity index (χ2v) is 14.4. The van der Waals surface area contributed by atoms with Crippen LogP contribution in [0.25, 0.3) is 33.8 Å². The van der Waals surface area contributed by atoms with Crippen molar-refractivity contribution in [2.24, 2.45) is 5.92 Å². The predicted molar refractivity (Wildman–Crippen MR) is 237 cm³/mol. The zero-order valence-corrected chi connectivity index (χ0v) is 36.1. The van der Waals surface area contributed by atoms with Crippen molar-refractivity contribution in [2.75, 3.05) is 0 Å². The Kier molecular flexibility index (Phi) is 17.8. The normalized spacial score (nSPS) is 11.4. The second kappa shape index (κ2) is 23.7. The van der Waals surface area contributed by atoms with Crippen molar-refractivity contribution in [3.8, 4) is 33.8 Å². The number of pyridine rings is 3. The molecule has 0 bridgehead atoms. The van der Waals surface area contributed by atoms with Gasteiger partial charge in [-0.05, 0) is 88.6 Å². The van der Waals surface area contributed by atoms with Crippen LogP contribution in [0.4, 0.5) is 0 Å². The molecule has 3 heterocycles. The van der Waals surface area contributed by atoms with E-state index >= 15 is 0 Å². The first kappa shape index (κ1) is 43.6. The van der Waals surface area contributed by atoms with Gasteiger partial charge in [-0.2, -0.15) is 0 Å². The SMILES string of the molecule is CC(Cc1ccc(CCl)cc1)CC(C)c1ccc(Cc2cc[c-]c(-c3ccccn3)c2)cc1.[Ir+3].[c-]1ccccc1-c1ccccn1.[c-]1ccccc1-c1ccccn1. The van der Waals surface area contributed by atoms with Gasteiger partial charge in [0.05, 0.1) is 0 Å². The first-order valence-electron chi connectivity index (χ1n) is 19.4. The Morgan fingerprint density at radius 3 is 1.45 bits per heavy atom. The maximum absolute atomic E-state index is 5.91. The summed E-state index contributed by atoms with van der Waals surface area (Å²) in [7, 11) is 0. The van der Waals surface area contributed by atoms with E-state index in [1.807, 2.05) is 115 Å². The maximum Gasteiger partial charge on any atom is 3.00 e. The van der Waals surface area contributed by atoms with E-state index in [-0.39, 0.29) is 20.1 Å². The van der Waals surface area contributed by atoms with Gasteiger partial charge >= 0.3 is 20.1 Å². The quantitative estimate of drug-likeness (QED) is 0.0958. The largest absolute Gasteiger partial charge is 3.00 e. The fraction of sp³-hybridized carbons (Fsp3) is 0.151. The first-order valence-corrected chi connectivity index (χ1v) is 20.0. The summed E-state index contributed by atoms with van der Waals surface area (Å²) in [5.41, 5.74) is 12.6. The summed E-state index contributed by atoms with van der Waals surface area (Å²) in [5, 5.41) is 0. The molecule has 0 saturated heterocycles. The van der Waals surface area contributed by atoms with Gasteiger partial charge in [0, 0.05) is 24.5 Å².